The highest BCUT2D eigenvalue weighted by atomic mass is 16.5. The lowest BCUT2D eigenvalue weighted by atomic mass is 10.2. The van der Waals surface area contributed by atoms with Crippen molar-refractivity contribution >= 4 is 23.0 Å². The van der Waals surface area contributed by atoms with Gasteiger partial charge in [0.2, 0.25) is 5.91 Å². The molecule has 1 amide bonds. The summed E-state index contributed by atoms with van der Waals surface area (Å²) < 4.78 is 5.15. The molecule has 0 radical (unpaired) electrons. The van der Waals surface area contributed by atoms with Crippen molar-refractivity contribution in [2.45, 2.75) is 19.5 Å². The maximum absolute atomic E-state index is 12.5. The number of carbonyl (C=O) groups is 1. The highest BCUT2D eigenvalue weighted by Gasteiger charge is 2.18. The molecule has 0 aromatic heterocycles. The standard InChI is InChI=1S/C27H32N4O2/c1-21(27(32)29-24-10-14-26(33-2)15-11-24)28-23-8-12-25(13-9-23)31-18-16-30(17-19-31)20-22-6-4-3-5-7-22/h3-15,21,28H,16-20H2,1-2H3,(H,29,32). The smallest absolute Gasteiger partial charge is 0.246 e. The summed E-state index contributed by atoms with van der Waals surface area (Å²) in [6, 6.07) is 25.9. The van der Waals surface area contributed by atoms with Crippen LogP contribution in [0.2, 0.25) is 0 Å². The number of hydrogen-bond acceptors (Lipinski definition) is 5. The second kappa shape index (κ2) is 10.9. The van der Waals surface area contributed by atoms with Crippen molar-refractivity contribution in [2.75, 3.05) is 48.8 Å². The Morgan fingerprint density at radius 3 is 2.15 bits per heavy atom. The first-order valence-corrected chi connectivity index (χ1v) is 11.4. The Kier molecular flexibility index (Phi) is 7.47. The van der Waals surface area contributed by atoms with E-state index in [0.29, 0.717) is 0 Å². The maximum Gasteiger partial charge on any atom is 0.246 e. The van der Waals surface area contributed by atoms with E-state index < -0.39 is 0 Å². The van der Waals surface area contributed by atoms with E-state index in [0.717, 1.165) is 49.8 Å². The van der Waals surface area contributed by atoms with Crippen LogP contribution in [-0.4, -0.2) is 50.1 Å². The summed E-state index contributed by atoms with van der Waals surface area (Å²) in [4.78, 5) is 17.5. The molecule has 3 aromatic carbocycles. The zero-order chi connectivity index (χ0) is 23.0. The Hall–Kier alpha value is -3.51. The molecule has 33 heavy (non-hydrogen) atoms. The van der Waals surface area contributed by atoms with Gasteiger partial charge in [0.25, 0.3) is 0 Å². The second-order valence-corrected chi connectivity index (χ2v) is 8.38. The van der Waals surface area contributed by atoms with E-state index >= 15 is 0 Å². The van der Waals surface area contributed by atoms with Crippen LogP contribution in [0, 0.1) is 0 Å². The predicted octanol–water partition coefficient (Wildman–Crippen LogP) is 4.46. The highest BCUT2D eigenvalue weighted by Crippen LogP contribution is 2.21. The van der Waals surface area contributed by atoms with Gasteiger partial charge in [0.15, 0.2) is 0 Å². The van der Waals surface area contributed by atoms with Gasteiger partial charge in [0, 0.05) is 49.8 Å². The van der Waals surface area contributed by atoms with E-state index in [1.165, 1.54) is 11.3 Å². The minimum absolute atomic E-state index is 0.0845. The lowest BCUT2D eigenvalue weighted by molar-refractivity contribution is -0.116. The van der Waals surface area contributed by atoms with Gasteiger partial charge < -0.3 is 20.3 Å². The Bertz CT molecular complexity index is 1010. The number of nitrogens with one attached hydrogen (secondary N) is 2. The van der Waals surface area contributed by atoms with E-state index in [9.17, 15) is 4.79 Å². The van der Waals surface area contributed by atoms with Gasteiger partial charge in [0.1, 0.15) is 11.8 Å². The number of carbonyl (C=O) groups excluding carboxylic acids is 1. The fourth-order valence-electron chi connectivity index (χ4n) is 4.01. The van der Waals surface area contributed by atoms with Crippen molar-refractivity contribution in [3.05, 3.63) is 84.4 Å². The molecular formula is C27H32N4O2. The van der Waals surface area contributed by atoms with Crippen molar-refractivity contribution < 1.29 is 9.53 Å². The molecule has 1 unspecified atom stereocenters. The zero-order valence-corrected chi connectivity index (χ0v) is 19.3. The molecule has 0 spiro atoms. The van der Waals surface area contributed by atoms with E-state index in [1.807, 2.05) is 43.3 Å². The van der Waals surface area contributed by atoms with Gasteiger partial charge >= 0.3 is 0 Å². The van der Waals surface area contributed by atoms with Crippen molar-refractivity contribution in [1.82, 2.24) is 4.90 Å². The number of amides is 1. The molecule has 1 atom stereocenters. The SMILES string of the molecule is COc1ccc(NC(=O)C(C)Nc2ccc(N3CCN(Cc4ccccc4)CC3)cc2)cc1. The number of hydrogen-bond donors (Lipinski definition) is 2. The van der Waals surface area contributed by atoms with Gasteiger partial charge in [-0.1, -0.05) is 30.3 Å². The van der Waals surface area contributed by atoms with E-state index in [4.69, 9.17) is 4.74 Å². The maximum atomic E-state index is 12.5. The Morgan fingerprint density at radius 1 is 0.879 bits per heavy atom. The molecule has 1 fully saturated rings. The molecule has 0 bridgehead atoms. The van der Waals surface area contributed by atoms with Crippen LogP contribution >= 0.6 is 0 Å². The fraction of sp³-hybridized carbons (Fsp3) is 0.296. The topological polar surface area (TPSA) is 56.8 Å². The average Bonchev–Trinajstić information content (AvgIpc) is 2.86. The molecule has 0 saturated carbocycles. The molecule has 1 heterocycles. The van der Waals surface area contributed by atoms with Crippen LogP contribution in [0.5, 0.6) is 5.75 Å². The molecule has 172 valence electrons. The first-order valence-electron chi connectivity index (χ1n) is 11.4. The lowest BCUT2D eigenvalue weighted by Crippen LogP contribution is -2.45. The number of ether oxygens (including phenoxy) is 1. The number of benzene rings is 3. The number of methoxy groups -OCH3 is 1. The van der Waals surface area contributed by atoms with Crippen molar-refractivity contribution in [1.29, 1.82) is 0 Å². The number of nitrogens with zero attached hydrogens (tertiary/aromatic N) is 2. The normalized spacial score (nSPS) is 15.0. The quantitative estimate of drug-likeness (QED) is 0.537. The van der Waals surface area contributed by atoms with E-state index in [-0.39, 0.29) is 11.9 Å². The van der Waals surface area contributed by atoms with Crippen LogP contribution in [0.15, 0.2) is 78.9 Å². The molecule has 4 rings (SSSR count). The van der Waals surface area contributed by atoms with Crippen molar-refractivity contribution in [3.63, 3.8) is 0 Å². The Morgan fingerprint density at radius 2 is 1.52 bits per heavy atom. The summed E-state index contributed by atoms with van der Waals surface area (Å²) in [5.41, 5.74) is 4.26. The molecule has 6 heteroatoms. The van der Waals surface area contributed by atoms with Crippen LogP contribution in [0.1, 0.15) is 12.5 Å². The monoisotopic (exact) mass is 444 g/mol. The van der Waals surface area contributed by atoms with E-state index in [1.54, 1.807) is 7.11 Å². The Labute approximate surface area is 196 Å². The van der Waals surface area contributed by atoms with Gasteiger partial charge in [-0.15, -0.1) is 0 Å². The van der Waals surface area contributed by atoms with Gasteiger partial charge in [-0.3, -0.25) is 9.69 Å². The van der Waals surface area contributed by atoms with Gasteiger partial charge in [-0.25, -0.2) is 0 Å². The van der Waals surface area contributed by atoms with Crippen LogP contribution in [0.4, 0.5) is 17.1 Å². The second-order valence-electron chi connectivity index (χ2n) is 8.38. The van der Waals surface area contributed by atoms with Gasteiger partial charge in [-0.05, 0) is 61.0 Å². The number of rotatable bonds is 8. The highest BCUT2D eigenvalue weighted by molar-refractivity contribution is 5.96. The summed E-state index contributed by atoms with van der Waals surface area (Å²) >= 11 is 0. The molecule has 6 nitrogen and oxygen atoms in total. The molecule has 0 aliphatic carbocycles. The molecule has 1 aliphatic rings. The lowest BCUT2D eigenvalue weighted by Gasteiger charge is -2.36. The third-order valence-electron chi connectivity index (χ3n) is 5.99. The average molecular weight is 445 g/mol. The first kappa shape index (κ1) is 22.7. The fourth-order valence-corrected chi connectivity index (χ4v) is 4.01. The van der Waals surface area contributed by atoms with E-state index in [2.05, 4.69) is 62.9 Å². The van der Waals surface area contributed by atoms with Crippen molar-refractivity contribution in [3.8, 4) is 5.75 Å². The molecular weight excluding hydrogens is 412 g/mol. The molecule has 1 aliphatic heterocycles. The van der Waals surface area contributed by atoms with Crippen molar-refractivity contribution in [2.24, 2.45) is 0 Å². The first-order chi connectivity index (χ1) is 16.1. The van der Waals surface area contributed by atoms with Crippen LogP contribution in [0.3, 0.4) is 0 Å². The van der Waals surface area contributed by atoms with Gasteiger partial charge in [0.05, 0.1) is 7.11 Å². The predicted molar refractivity (Wildman–Crippen MR) is 135 cm³/mol. The summed E-state index contributed by atoms with van der Waals surface area (Å²) in [5.74, 6) is 0.677. The third kappa shape index (κ3) is 6.26. The minimum atomic E-state index is -0.362. The van der Waals surface area contributed by atoms with Crippen LogP contribution in [-0.2, 0) is 11.3 Å². The summed E-state index contributed by atoms with van der Waals surface area (Å²) in [5, 5.41) is 6.21. The molecule has 2 N–H and O–H groups in total. The summed E-state index contributed by atoms with van der Waals surface area (Å²) in [6.07, 6.45) is 0. The summed E-state index contributed by atoms with van der Waals surface area (Å²) in [7, 11) is 1.62. The Balaban J connectivity index is 1.25. The molecule has 3 aromatic rings. The zero-order valence-electron chi connectivity index (χ0n) is 19.3. The third-order valence-corrected chi connectivity index (χ3v) is 5.99. The summed E-state index contributed by atoms with van der Waals surface area (Å²) in [6.45, 7) is 7.00. The molecule has 1 saturated heterocycles. The minimum Gasteiger partial charge on any atom is -0.497 e. The number of piperazine rings is 1. The van der Waals surface area contributed by atoms with Crippen LogP contribution < -0.4 is 20.3 Å². The van der Waals surface area contributed by atoms with Crippen LogP contribution in [0.25, 0.3) is 0 Å². The van der Waals surface area contributed by atoms with Gasteiger partial charge in [-0.2, -0.15) is 0 Å². The largest absolute Gasteiger partial charge is 0.497 e. The number of anilines is 3.